The highest BCUT2D eigenvalue weighted by atomic mass is 14.7. The molecule has 0 saturated carbocycles. The molecule has 0 unspecified atom stereocenters. The van der Waals surface area contributed by atoms with Gasteiger partial charge in [-0.25, -0.2) is 0 Å². The van der Waals surface area contributed by atoms with Gasteiger partial charge < -0.3 is 0 Å². The monoisotopic (exact) mass is 81.1 g/mol. The van der Waals surface area contributed by atoms with Crippen molar-refractivity contribution in [3.8, 4) is 0 Å². The van der Waals surface area contributed by atoms with Crippen LogP contribution in [0.1, 0.15) is 12.8 Å². The standard InChI is InChI=1S/C5H7N/c1-2-4-6-5-3-1/h4H,1-2,5H2. The molecular formula is C5H7N. The molecule has 1 aliphatic heterocycles. The molecule has 2 radical (unpaired) electrons. The van der Waals surface area contributed by atoms with Crippen molar-refractivity contribution in [2.75, 3.05) is 6.54 Å². The van der Waals surface area contributed by atoms with Crippen LogP contribution in [0.15, 0.2) is 4.99 Å². The van der Waals surface area contributed by atoms with Crippen molar-refractivity contribution >= 4 is 6.21 Å². The van der Waals surface area contributed by atoms with Crippen molar-refractivity contribution in [1.29, 1.82) is 0 Å². The van der Waals surface area contributed by atoms with Crippen LogP contribution in [0.25, 0.3) is 0 Å². The van der Waals surface area contributed by atoms with E-state index in [9.17, 15) is 0 Å². The van der Waals surface area contributed by atoms with Gasteiger partial charge in [-0.1, -0.05) is 0 Å². The van der Waals surface area contributed by atoms with Crippen molar-refractivity contribution in [2.45, 2.75) is 12.8 Å². The van der Waals surface area contributed by atoms with E-state index in [0.717, 1.165) is 19.4 Å². The van der Waals surface area contributed by atoms with Crippen LogP contribution < -0.4 is 0 Å². The largest absolute Gasteiger partial charge is 0.297 e. The predicted molar refractivity (Wildman–Crippen MR) is 25.8 cm³/mol. The summed E-state index contributed by atoms with van der Waals surface area (Å²) in [6, 6.07) is 0. The van der Waals surface area contributed by atoms with Gasteiger partial charge in [-0.05, 0) is 19.1 Å². The smallest absolute Gasteiger partial charge is 0.0454 e. The molecule has 0 fully saturated rings. The summed E-state index contributed by atoms with van der Waals surface area (Å²) in [5, 5.41) is 0. The van der Waals surface area contributed by atoms with E-state index in [-0.39, 0.29) is 0 Å². The lowest BCUT2D eigenvalue weighted by atomic mass is 10.2. The first-order valence-electron chi connectivity index (χ1n) is 2.19. The van der Waals surface area contributed by atoms with E-state index in [1.807, 2.05) is 6.21 Å². The normalized spacial score (nSPS) is 21.3. The van der Waals surface area contributed by atoms with Crippen LogP contribution in [0, 0.1) is 6.42 Å². The maximum absolute atomic E-state index is 3.94. The highest BCUT2D eigenvalue weighted by Gasteiger charge is 1.89. The van der Waals surface area contributed by atoms with E-state index in [1.165, 1.54) is 0 Å². The topological polar surface area (TPSA) is 12.4 Å². The summed E-state index contributed by atoms with van der Waals surface area (Å²) in [5.41, 5.74) is 0. The van der Waals surface area contributed by atoms with E-state index in [0.29, 0.717) is 0 Å². The van der Waals surface area contributed by atoms with Gasteiger partial charge in [-0.2, -0.15) is 0 Å². The number of aliphatic imine (C=N–C) groups is 1. The first-order valence-corrected chi connectivity index (χ1v) is 2.19. The van der Waals surface area contributed by atoms with Gasteiger partial charge in [0.15, 0.2) is 0 Å². The Morgan fingerprint density at radius 2 is 2.67 bits per heavy atom. The number of rotatable bonds is 0. The zero-order valence-electron chi connectivity index (χ0n) is 3.65. The zero-order chi connectivity index (χ0) is 4.24. The Bertz CT molecular complexity index is 49.0. The van der Waals surface area contributed by atoms with E-state index in [4.69, 9.17) is 0 Å². The fraction of sp³-hybridized carbons (Fsp3) is 0.600. The fourth-order valence-corrected chi connectivity index (χ4v) is 0.466. The van der Waals surface area contributed by atoms with Gasteiger partial charge in [-0.3, -0.25) is 4.99 Å². The van der Waals surface area contributed by atoms with Crippen molar-refractivity contribution in [1.82, 2.24) is 0 Å². The quantitative estimate of drug-likeness (QED) is 0.411. The number of hydrogen-bond acceptors (Lipinski definition) is 1. The van der Waals surface area contributed by atoms with Gasteiger partial charge >= 0.3 is 0 Å². The van der Waals surface area contributed by atoms with Crippen molar-refractivity contribution in [2.24, 2.45) is 4.99 Å². The summed E-state index contributed by atoms with van der Waals surface area (Å²) in [5.74, 6) is 0. The van der Waals surface area contributed by atoms with Gasteiger partial charge in [0.2, 0.25) is 0 Å². The van der Waals surface area contributed by atoms with E-state index >= 15 is 0 Å². The Kier molecular flexibility index (Phi) is 1.25. The minimum atomic E-state index is 0.819. The summed E-state index contributed by atoms with van der Waals surface area (Å²) in [6.07, 6.45) is 7.24. The molecule has 32 valence electrons. The molecule has 0 N–H and O–H groups in total. The lowest BCUT2D eigenvalue weighted by molar-refractivity contribution is 0.915. The summed E-state index contributed by atoms with van der Waals surface area (Å²) in [6.45, 7) is 0.819. The first-order chi connectivity index (χ1) is 3.00. The SMILES string of the molecule is [C]1CCC=NC1. The Morgan fingerprint density at radius 1 is 1.67 bits per heavy atom. The molecule has 0 aromatic heterocycles. The van der Waals surface area contributed by atoms with Crippen molar-refractivity contribution in [3.63, 3.8) is 0 Å². The molecule has 1 heteroatoms. The Hall–Kier alpha value is -0.330. The maximum Gasteiger partial charge on any atom is 0.0454 e. The van der Waals surface area contributed by atoms with Crippen LogP contribution >= 0.6 is 0 Å². The Morgan fingerprint density at radius 3 is 2.83 bits per heavy atom. The van der Waals surface area contributed by atoms with Crippen LogP contribution in [0.3, 0.4) is 0 Å². The minimum Gasteiger partial charge on any atom is -0.297 e. The Labute approximate surface area is 38.1 Å². The third kappa shape index (κ3) is 0.814. The fourth-order valence-electron chi connectivity index (χ4n) is 0.466. The summed E-state index contributed by atoms with van der Waals surface area (Å²) < 4.78 is 0. The molecule has 0 atom stereocenters. The second kappa shape index (κ2) is 1.96. The molecule has 0 spiro atoms. The molecule has 1 rings (SSSR count). The van der Waals surface area contributed by atoms with Gasteiger partial charge in [0.25, 0.3) is 0 Å². The van der Waals surface area contributed by atoms with Crippen molar-refractivity contribution in [3.05, 3.63) is 6.42 Å². The van der Waals surface area contributed by atoms with Crippen LogP contribution in [-0.2, 0) is 0 Å². The van der Waals surface area contributed by atoms with Crippen LogP contribution in [0.2, 0.25) is 0 Å². The minimum absolute atomic E-state index is 0.819. The summed E-state index contributed by atoms with van der Waals surface area (Å²) >= 11 is 0. The zero-order valence-corrected chi connectivity index (χ0v) is 3.65. The molecule has 0 aromatic rings. The molecule has 0 aromatic carbocycles. The molecule has 1 aliphatic rings. The van der Waals surface area contributed by atoms with Crippen molar-refractivity contribution < 1.29 is 0 Å². The second-order valence-corrected chi connectivity index (χ2v) is 1.31. The molecule has 0 bridgehead atoms. The average molecular weight is 81.1 g/mol. The number of nitrogens with zero attached hydrogens (tertiary/aromatic N) is 1. The highest BCUT2D eigenvalue weighted by Crippen LogP contribution is 1.96. The molecule has 0 saturated heterocycles. The molecule has 0 amide bonds. The van der Waals surface area contributed by atoms with E-state index < -0.39 is 0 Å². The van der Waals surface area contributed by atoms with Gasteiger partial charge in [0.1, 0.15) is 0 Å². The Balaban J connectivity index is 2.26. The summed E-state index contributed by atoms with van der Waals surface area (Å²) in [4.78, 5) is 3.94. The predicted octanol–water partition coefficient (Wildman–Crippen LogP) is 0.932. The van der Waals surface area contributed by atoms with Gasteiger partial charge in [0, 0.05) is 13.0 Å². The third-order valence-corrected chi connectivity index (χ3v) is 0.782. The van der Waals surface area contributed by atoms with Crippen LogP contribution in [0.5, 0.6) is 0 Å². The molecule has 6 heavy (non-hydrogen) atoms. The molecular weight excluding hydrogens is 74.1 g/mol. The van der Waals surface area contributed by atoms with Crippen LogP contribution in [-0.4, -0.2) is 12.8 Å². The lowest BCUT2D eigenvalue weighted by Crippen LogP contribution is -1.90. The molecule has 1 nitrogen and oxygen atoms in total. The summed E-state index contributed by atoms with van der Waals surface area (Å²) in [7, 11) is 0. The first kappa shape index (κ1) is 3.85. The molecule has 0 aliphatic carbocycles. The second-order valence-electron chi connectivity index (χ2n) is 1.31. The van der Waals surface area contributed by atoms with Gasteiger partial charge in [0.05, 0.1) is 0 Å². The number of hydrogen-bond donors (Lipinski definition) is 0. The average Bonchev–Trinajstić information content (AvgIpc) is 1.72. The van der Waals surface area contributed by atoms with E-state index in [2.05, 4.69) is 11.4 Å². The van der Waals surface area contributed by atoms with E-state index in [1.54, 1.807) is 0 Å². The molecule has 1 heterocycles. The van der Waals surface area contributed by atoms with Gasteiger partial charge in [-0.15, -0.1) is 0 Å². The maximum atomic E-state index is 3.94. The third-order valence-electron chi connectivity index (χ3n) is 0.782. The van der Waals surface area contributed by atoms with Crippen LogP contribution in [0.4, 0.5) is 0 Å². The lowest BCUT2D eigenvalue weighted by Gasteiger charge is -1.96. The highest BCUT2D eigenvalue weighted by molar-refractivity contribution is 5.58.